The Morgan fingerprint density at radius 1 is 0.909 bits per heavy atom. The predicted molar refractivity (Wildman–Crippen MR) is 130 cm³/mol. The van der Waals surface area contributed by atoms with E-state index < -0.39 is 5.97 Å². The summed E-state index contributed by atoms with van der Waals surface area (Å²) in [6.45, 7) is 4.13. The Morgan fingerprint density at radius 3 is 2.33 bits per heavy atom. The van der Waals surface area contributed by atoms with Crippen LogP contribution in [0.1, 0.15) is 16.8 Å². The number of carboxylic acid groups (broad SMARTS) is 1. The summed E-state index contributed by atoms with van der Waals surface area (Å²) in [7, 11) is 0. The number of hydrogen-bond acceptors (Lipinski definition) is 3. The fourth-order valence-corrected chi connectivity index (χ4v) is 4.52. The lowest BCUT2D eigenvalue weighted by molar-refractivity contribution is -0.137. The number of carboxylic acids is 1. The zero-order valence-electron chi connectivity index (χ0n) is 18.4. The fourth-order valence-electron chi connectivity index (χ4n) is 4.52. The van der Waals surface area contributed by atoms with E-state index in [0.717, 1.165) is 38.7 Å². The molecule has 33 heavy (non-hydrogen) atoms. The van der Waals surface area contributed by atoms with Crippen LogP contribution in [0, 0.1) is 13.8 Å². The monoisotopic (exact) mass is 437 g/mol. The van der Waals surface area contributed by atoms with Gasteiger partial charge in [-0.2, -0.15) is 5.10 Å². The van der Waals surface area contributed by atoms with Gasteiger partial charge in [-0.1, -0.05) is 60.2 Å². The number of aryl methyl sites for hydroxylation is 1. The van der Waals surface area contributed by atoms with Crippen LogP contribution in [-0.4, -0.2) is 25.4 Å². The zero-order chi connectivity index (χ0) is 23.1. The average Bonchev–Trinajstić information content (AvgIpc) is 3.06. The standard InChI is InChI=1S/C27H23N3O3/c1-17-12-13-23-22(14-17)25(18(2)29(23)16-24(31)32)26-20-10-6-7-11-21(20)27(33)30(28-26)15-19-8-4-3-5-9-19/h3-14H,15-16H2,1-2H3,(H,31,32). The van der Waals surface area contributed by atoms with Gasteiger partial charge in [-0.05, 0) is 37.6 Å². The highest BCUT2D eigenvalue weighted by atomic mass is 16.4. The summed E-state index contributed by atoms with van der Waals surface area (Å²) in [5.74, 6) is -0.908. The number of rotatable bonds is 5. The normalized spacial score (nSPS) is 11.3. The van der Waals surface area contributed by atoms with Crippen molar-refractivity contribution >= 4 is 27.6 Å². The van der Waals surface area contributed by atoms with Crippen LogP contribution in [-0.2, 0) is 17.9 Å². The average molecular weight is 437 g/mol. The summed E-state index contributed by atoms with van der Waals surface area (Å²) in [5.41, 5.74) is 5.07. The van der Waals surface area contributed by atoms with Crippen LogP contribution in [0.3, 0.4) is 0 Å². The summed E-state index contributed by atoms with van der Waals surface area (Å²) in [5, 5.41) is 16.6. The van der Waals surface area contributed by atoms with Crippen molar-refractivity contribution in [2.24, 2.45) is 0 Å². The summed E-state index contributed by atoms with van der Waals surface area (Å²) in [6, 6.07) is 23.2. The van der Waals surface area contributed by atoms with Crippen LogP contribution in [0.25, 0.3) is 32.9 Å². The third-order valence-corrected chi connectivity index (χ3v) is 6.05. The third kappa shape index (κ3) is 3.59. The molecule has 2 heterocycles. The van der Waals surface area contributed by atoms with Gasteiger partial charge >= 0.3 is 5.97 Å². The SMILES string of the molecule is Cc1ccc2c(c1)c(-c1nn(Cc3ccccc3)c(=O)c3ccccc13)c(C)n2CC(=O)O. The van der Waals surface area contributed by atoms with Crippen LogP contribution in [0.4, 0.5) is 0 Å². The Morgan fingerprint density at radius 2 is 1.61 bits per heavy atom. The smallest absolute Gasteiger partial charge is 0.323 e. The Hall–Kier alpha value is -4.19. The summed E-state index contributed by atoms with van der Waals surface area (Å²) in [6.07, 6.45) is 0. The molecule has 1 N–H and O–H groups in total. The van der Waals surface area contributed by atoms with Crippen molar-refractivity contribution in [1.29, 1.82) is 0 Å². The molecule has 2 aromatic heterocycles. The van der Waals surface area contributed by atoms with E-state index in [1.807, 2.05) is 80.6 Å². The van der Waals surface area contributed by atoms with E-state index in [2.05, 4.69) is 6.07 Å². The lowest BCUT2D eigenvalue weighted by atomic mass is 10.0. The largest absolute Gasteiger partial charge is 0.480 e. The van der Waals surface area contributed by atoms with Gasteiger partial charge in [0.05, 0.1) is 11.9 Å². The van der Waals surface area contributed by atoms with Gasteiger partial charge < -0.3 is 9.67 Å². The maximum absolute atomic E-state index is 13.3. The number of carbonyl (C=O) groups is 1. The summed E-state index contributed by atoms with van der Waals surface area (Å²) < 4.78 is 3.30. The van der Waals surface area contributed by atoms with Gasteiger partial charge in [0.1, 0.15) is 12.2 Å². The molecule has 0 spiro atoms. The van der Waals surface area contributed by atoms with E-state index in [0.29, 0.717) is 17.6 Å². The Bertz CT molecular complexity index is 1580. The first kappa shape index (κ1) is 20.7. The fraction of sp³-hybridized carbons (Fsp3) is 0.148. The van der Waals surface area contributed by atoms with E-state index >= 15 is 0 Å². The van der Waals surface area contributed by atoms with Crippen molar-refractivity contribution in [3.8, 4) is 11.3 Å². The number of nitrogens with zero attached hydrogens (tertiary/aromatic N) is 3. The van der Waals surface area contributed by atoms with Crippen LogP contribution in [0.15, 0.2) is 77.6 Å². The molecule has 0 amide bonds. The molecule has 5 aromatic rings. The van der Waals surface area contributed by atoms with Crippen molar-refractivity contribution in [3.05, 3.63) is 100.0 Å². The quantitative estimate of drug-likeness (QED) is 0.430. The number of hydrogen-bond donors (Lipinski definition) is 1. The minimum atomic E-state index is -0.908. The van der Waals surface area contributed by atoms with Crippen LogP contribution in [0.5, 0.6) is 0 Å². The molecule has 0 bridgehead atoms. The maximum atomic E-state index is 13.3. The summed E-state index contributed by atoms with van der Waals surface area (Å²) >= 11 is 0. The Balaban J connectivity index is 1.85. The Labute approximate surface area is 190 Å². The molecule has 3 aromatic carbocycles. The molecule has 0 aliphatic rings. The highest BCUT2D eigenvalue weighted by Crippen LogP contribution is 2.37. The van der Waals surface area contributed by atoms with Gasteiger partial charge in [-0.15, -0.1) is 0 Å². The molecule has 0 saturated carbocycles. The van der Waals surface area contributed by atoms with Crippen molar-refractivity contribution < 1.29 is 9.90 Å². The second-order valence-corrected chi connectivity index (χ2v) is 8.30. The first-order valence-corrected chi connectivity index (χ1v) is 10.8. The molecule has 0 aliphatic heterocycles. The van der Waals surface area contributed by atoms with Crippen LogP contribution >= 0.6 is 0 Å². The van der Waals surface area contributed by atoms with Gasteiger partial charge in [0.25, 0.3) is 5.56 Å². The lowest BCUT2D eigenvalue weighted by Gasteiger charge is -2.12. The highest BCUT2D eigenvalue weighted by molar-refractivity contribution is 6.05. The Kier molecular flexibility index (Phi) is 5.05. The number of aliphatic carboxylic acids is 1. The molecule has 6 heteroatoms. The van der Waals surface area contributed by atoms with E-state index in [4.69, 9.17) is 5.10 Å². The second kappa shape index (κ2) is 8.06. The van der Waals surface area contributed by atoms with E-state index in [1.165, 1.54) is 4.68 Å². The van der Waals surface area contributed by atoms with E-state index in [9.17, 15) is 14.7 Å². The molecule has 0 radical (unpaired) electrons. The van der Waals surface area contributed by atoms with Crippen LogP contribution in [0.2, 0.25) is 0 Å². The highest BCUT2D eigenvalue weighted by Gasteiger charge is 2.22. The van der Waals surface area contributed by atoms with Crippen molar-refractivity contribution in [1.82, 2.24) is 14.3 Å². The predicted octanol–water partition coefficient (Wildman–Crippen LogP) is 4.77. The molecule has 0 aliphatic carbocycles. The lowest BCUT2D eigenvalue weighted by Crippen LogP contribution is -2.24. The number of benzene rings is 3. The van der Waals surface area contributed by atoms with Crippen molar-refractivity contribution in [2.45, 2.75) is 26.9 Å². The van der Waals surface area contributed by atoms with E-state index in [1.54, 1.807) is 4.57 Å². The van der Waals surface area contributed by atoms with Crippen LogP contribution < -0.4 is 5.56 Å². The second-order valence-electron chi connectivity index (χ2n) is 8.30. The molecule has 0 atom stereocenters. The summed E-state index contributed by atoms with van der Waals surface area (Å²) in [4.78, 5) is 24.9. The number of aromatic nitrogens is 3. The molecule has 6 nitrogen and oxygen atoms in total. The molecule has 5 rings (SSSR count). The minimum absolute atomic E-state index is 0.146. The van der Waals surface area contributed by atoms with Gasteiger partial charge in [-0.25, -0.2) is 4.68 Å². The van der Waals surface area contributed by atoms with Gasteiger partial charge in [-0.3, -0.25) is 9.59 Å². The minimum Gasteiger partial charge on any atom is -0.480 e. The van der Waals surface area contributed by atoms with E-state index in [-0.39, 0.29) is 12.1 Å². The van der Waals surface area contributed by atoms with Crippen molar-refractivity contribution in [2.75, 3.05) is 0 Å². The molecule has 0 saturated heterocycles. The molecular weight excluding hydrogens is 414 g/mol. The molecule has 164 valence electrons. The number of fused-ring (bicyclic) bond motifs is 2. The molecule has 0 fully saturated rings. The van der Waals surface area contributed by atoms with Gasteiger partial charge in [0, 0.05) is 27.5 Å². The maximum Gasteiger partial charge on any atom is 0.323 e. The zero-order valence-corrected chi connectivity index (χ0v) is 18.4. The molecular formula is C27H23N3O3. The van der Waals surface area contributed by atoms with Gasteiger partial charge in [0.15, 0.2) is 0 Å². The topological polar surface area (TPSA) is 77.1 Å². The first-order valence-electron chi connectivity index (χ1n) is 10.8. The molecule has 0 unspecified atom stereocenters. The van der Waals surface area contributed by atoms with Gasteiger partial charge in [0.2, 0.25) is 0 Å². The third-order valence-electron chi connectivity index (χ3n) is 6.05. The van der Waals surface area contributed by atoms with Crippen molar-refractivity contribution in [3.63, 3.8) is 0 Å². The first-order chi connectivity index (χ1) is 15.9.